The van der Waals surface area contributed by atoms with Crippen molar-refractivity contribution in [2.75, 3.05) is 11.4 Å². The van der Waals surface area contributed by atoms with Crippen molar-refractivity contribution < 1.29 is 4.92 Å². The van der Waals surface area contributed by atoms with Crippen molar-refractivity contribution >= 4 is 11.4 Å². The predicted octanol–water partition coefficient (Wildman–Crippen LogP) is 2.64. The maximum Gasteiger partial charge on any atom is 0.287 e. The van der Waals surface area contributed by atoms with E-state index in [1.165, 1.54) is 6.07 Å². The van der Waals surface area contributed by atoms with E-state index in [9.17, 15) is 10.1 Å². The summed E-state index contributed by atoms with van der Waals surface area (Å²) in [6.07, 6.45) is 5.87. The standard InChI is InChI=1S/C16H17N5O2/c1-12-18-6-8-19(12)11-15-3-2-7-20(15)14-4-5-16(21(22)23)13(9-14)10-17/h4-6,8-9,15H,2-3,7,11H2,1H3/t15-/m0/s1. The molecule has 0 spiro atoms. The van der Waals surface area contributed by atoms with Crippen LogP contribution in [0.1, 0.15) is 24.2 Å². The third-order valence-corrected chi connectivity index (χ3v) is 4.34. The molecule has 1 saturated heterocycles. The first-order valence-corrected chi connectivity index (χ1v) is 7.53. The molecule has 0 radical (unpaired) electrons. The summed E-state index contributed by atoms with van der Waals surface area (Å²) >= 11 is 0. The lowest BCUT2D eigenvalue weighted by Crippen LogP contribution is -2.33. The van der Waals surface area contributed by atoms with Crippen LogP contribution in [-0.2, 0) is 6.54 Å². The van der Waals surface area contributed by atoms with Gasteiger partial charge in [-0.3, -0.25) is 10.1 Å². The number of nitro benzene ring substituents is 1. The highest BCUT2D eigenvalue weighted by Gasteiger charge is 2.27. The summed E-state index contributed by atoms with van der Waals surface area (Å²) in [5, 5.41) is 20.1. The first-order chi connectivity index (χ1) is 11.1. The van der Waals surface area contributed by atoms with Gasteiger partial charge in [0.15, 0.2) is 0 Å². The number of nitriles is 1. The number of aromatic nitrogens is 2. The summed E-state index contributed by atoms with van der Waals surface area (Å²) in [6, 6.07) is 7.01. The van der Waals surface area contributed by atoms with E-state index in [0.29, 0.717) is 6.04 Å². The summed E-state index contributed by atoms with van der Waals surface area (Å²) in [5.41, 5.74) is 0.835. The molecule has 0 saturated carbocycles. The number of aryl methyl sites for hydroxylation is 1. The number of imidazole rings is 1. The summed E-state index contributed by atoms with van der Waals surface area (Å²) in [6.45, 7) is 3.69. The minimum atomic E-state index is -0.515. The van der Waals surface area contributed by atoms with E-state index in [2.05, 4.69) is 14.5 Å². The third kappa shape index (κ3) is 2.88. The minimum Gasteiger partial charge on any atom is -0.367 e. The lowest BCUT2D eigenvalue weighted by molar-refractivity contribution is -0.385. The molecular weight excluding hydrogens is 294 g/mol. The molecule has 1 aliphatic heterocycles. The number of benzene rings is 1. The number of nitro groups is 1. The molecule has 23 heavy (non-hydrogen) atoms. The second-order valence-electron chi connectivity index (χ2n) is 5.69. The van der Waals surface area contributed by atoms with Crippen LogP contribution in [-0.4, -0.2) is 27.1 Å². The van der Waals surface area contributed by atoms with Crippen LogP contribution in [0.2, 0.25) is 0 Å². The first kappa shape index (κ1) is 15.0. The molecule has 1 aromatic heterocycles. The van der Waals surface area contributed by atoms with Crippen molar-refractivity contribution in [2.45, 2.75) is 32.4 Å². The maximum atomic E-state index is 11.0. The molecule has 1 aliphatic rings. The zero-order valence-electron chi connectivity index (χ0n) is 12.8. The molecule has 0 N–H and O–H groups in total. The van der Waals surface area contributed by atoms with Crippen molar-refractivity contribution in [1.29, 1.82) is 5.26 Å². The number of anilines is 1. The van der Waals surface area contributed by atoms with Crippen molar-refractivity contribution in [3.63, 3.8) is 0 Å². The highest BCUT2D eigenvalue weighted by Crippen LogP contribution is 2.30. The van der Waals surface area contributed by atoms with Crippen molar-refractivity contribution in [1.82, 2.24) is 9.55 Å². The van der Waals surface area contributed by atoms with Gasteiger partial charge in [0, 0.05) is 43.3 Å². The van der Waals surface area contributed by atoms with Gasteiger partial charge < -0.3 is 9.47 Å². The van der Waals surface area contributed by atoms with Crippen LogP contribution in [0.5, 0.6) is 0 Å². The van der Waals surface area contributed by atoms with Crippen molar-refractivity contribution in [2.24, 2.45) is 0 Å². The van der Waals surface area contributed by atoms with E-state index in [1.54, 1.807) is 18.3 Å². The molecule has 1 fully saturated rings. The second kappa shape index (κ2) is 6.08. The van der Waals surface area contributed by atoms with Gasteiger partial charge in [0.1, 0.15) is 17.5 Å². The average molecular weight is 311 g/mol. The molecule has 2 aromatic rings. The third-order valence-electron chi connectivity index (χ3n) is 4.34. The van der Waals surface area contributed by atoms with Gasteiger partial charge in [-0.1, -0.05) is 0 Å². The fourth-order valence-corrected chi connectivity index (χ4v) is 3.14. The van der Waals surface area contributed by atoms with Gasteiger partial charge in [0.05, 0.1) is 4.92 Å². The molecule has 2 heterocycles. The fourth-order valence-electron chi connectivity index (χ4n) is 3.14. The topological polar surface area (TPSA) is 88.0 Å². The zero-order valence-corrected chi connectivity index (χ0v) is 12.8. The average Bonchev–Trinajstić information content (AvgIpc) is 3.16. The highest BCUT2D eigenvalue weighted by atomic mass is 16.6. The lowest BCUT2D eigenvalue weighted by Gasteiger charge is -2.27. The Morgan fingerprint density at radius 3 is 3.00 bits per heavy atom. The van der Waals surface area contributed by atoms with Gasteiger partial charge in [-0.2, -0.15) is 5.26 Å². The molecule has 1 aromatic carbocycles. The molecule has 7 nitrogen and oxygen atoms in total. The predicted molar refractivity (Wildman–Crippen MR) is 85.1 cm³/mol. The van der Waals surface area contributed by atoms with Crippen LogP contribution in [0.3, 0.4) is 0 Å². The Balaban J connectivity index is 1.87. The quantitative estimate of drug-likeness (QED) is 0.639. The summed E-state index contributed by atoms with van der Waals surface area (Å²) in [4.78, 5) is 16.9. The highest BCUT2D eigenvalue weighted by molar-refractivity contribution is 5.60. The van der Waals surface area contributed by atoms with Crippen LogP contribution in [0.15, 0.2) is 30.6 Å². The van der Waals surface area contributed by atoms with Crippen LogP contribution in [0.25, 0.3) is 0 Å². The molecule has 0 aliphatic carbocycles. The number of hydrogen-bond donors (Lipinski definition) is 0. The Hall–Kier alpha value is -2.88. The molecule has 0 bridgehead atoms. The lowest BCUT2D eigenvalue weighted by atomic mass is 10.1. The summed E-state index contributed by atoms with van der Waals surface area (Å²) < 4.78 is 2.11. The Bertz CT molecular complexity index is 777. The van der Waals surface area contributed by atoms with E-state index in [4.69, 9.17) is 5.26 Å². The summed E-state index contributed by atoms with van der Waals surface area (Å²) in [5.74, 6) is 0.971. The van der Waals surface area contributed by atoms with Crippen LogP contribution in [0.4, 0.5) is 11.4 Å². The van der Waals surface area contributed by atoms with Crippen molar-refractivity contribution in [3.05, 3.63) is 52.1 Å². The maximum absolute atomic E-state index is 11.0. The Kier molecular flexibility index (Phi) is 3.98. The SMILES string of the molecule is Cc1nccn1C[C@@H]1CCCN1c1ccc([N+](=O)[O-])c(C#N)c1. The van der Waals surface area contributed by atoms with Gasteiger partial charge >= 0.3 is 0 Å². The molecule has 3 rings (SSSR count). The van der Waals surface area contributed by atoms with Crippen LogP contribution in [0, 0.1) is 28.4 Å². The smallest absolute Gasteiger partial charge is 0.287 e. The molecule has 0 unspecified atom stereocenters. The van der Waals surface area contributed by atoms with Crippen molar-refractivity contribution in [3.8, 4) is 6.07 Å². The van der Waals surface area contributed by atoms with Gasteiger partial charge in [0.2, 0.25) is 0 Å². The van der Waals surface area contributed by atoms with Crippen LogP contribution >= 0.6 is 0 Å². The number of nitrogens with zero attached hydrogens (tertiary/aromatic N) is 5. The normalized spacial score (nSPS) is 17.2. The van der Waals surface area contributed by atoms with E-state index in [-0.39, 0.29) is 11.3 Å². The first-order valence-electron chi connectivity index (χ1n) is 7.53. The van der Waals surface area contributed by atoms with Gasteiger partial charge in [-0.15, -0.1) is 0 Å². The Labute approximate surface area is 133 Å². The second-order valence-corrected chi connectivity index (χ2v) is 5.69. The van der Waals surface area contributed by atoms with E-state index in [1.807, 2.05) is 19.2 Å². The van der Waals surface area contributed by atoms with E-state index >= 15 is 0 Å². The molecule has 7 heteroatoms. The fraction of sp³-hybridized carbons (Fsp3) is 0.375. The number of rotatable bonds is 4. The van der Waals surface area contributed by atoms with Crippen LogP contribution < -0.4 is 4.90 Å². The molecule has 0 amide bonds. The van der Waals surface area contributed by atoms with Gasteiger partial charge in [-0.25, -0.2) is 4.98 Å². The summed E-state index contributed by atoms with van der Waals surface area (Å²) in [7, 11) is 0. The molecule has 118 valence electrons. The zero-order chi connectivity index (χ0) is 16.4. The number of hydrogen-bond acceptors (Lipinski definition) is 5. The Morgan fingerprint density at radius 1 is 1.52 bits per heavy atom. The van der Waals surface area contributed by atoms with E-state index < -0.39 is 4.92 Å². The molecule has 1 atom stereocenters. The Morgan fingerprint density at radius 2 is 2.35 bits per heavy atom. The largest absolute Gasteiger partial charge is 0.367 e. The van der Waals surface area contributed by atoms with Gasteiger partial charge in [-0.05, 0) is 31.9 Å². The van der Waals surface area contributed by atoms with Gasteiger partial charge in [0.25, 0.3) is 5.69 Å². The molecular formula is C16H17N5O2. The minimum absolute atomic E-state index is 0.108. The monoisotopic (exact) mass is 311 g/mol. The van der Waals surface area contributed by atoms with E-state index in [0.717, 1.165) is 37.4 Å².